The molecule has 1 saturated heterocycles. The van der Waals surface area contributed by atoms with Gasteiger partial charge in [-0.2, -0.15) is 0 Å². The number of amides is 1. The third-order valence-electron chi connectivity index (χ3n) is 4.72. The van der Waals surface area contributed by atoms with Crippen molar-refractivity contribution in [1.82, 2.24) is 14.9 Å². The molecule has 1 fully saturated rings. The number of rotatable bonds is 6. The SMILES string of the molecule is COc1cc(C)ccc1O[C@H](C)C(=O)Nc1cc(N2CCN(C)CC2)ncn1. The fourth-order valence-corrected chi connectivity index (χ4v) is 2.97. The van der Waals surface area contributed by atoms with Crippen molar-refractivity contribution in [3.05, 3.63) is 36.2 Å². The van der Waals surface area contributed by atoms with Crippen molar-refractivity contribution >= 4 is 17.5 Å². The van der Waals surface area contributed by atoms with Gasteiger partial charge in [-0.1, -0.05) is 6.07 Å². The van der Waals surface area contributed by atoms with Crippen LogP contribution in [0.1, 0.15) is 12.5 Å². The van der Waals surface area contributed by atoms with Crippen LogP contribution in [0.15, 0.2) is 30.6 Å². The smallest absolute Gasteiger partial charge is 0.266 e. The lowest BCUT2D eigenvalue weighted by Gasteiger charge is -2.33. The largest absolute Gasteiger partial charge is 0.493 e. The van der Waals surface area contributed by atoms with Gasteiger partial charge in [-0.15, -0.1) is 0 Å². The van der Waals surface area contributed by atoms with Gasteiger partial charge in [0.05, 0.1) is 7.11 Å². The summed E-state index contributed by atoms with van der Waals surface area (Å²) >= 11 is 0. The molecular weight excluding hydrogens is 358 g/mol. The molecule has 150 valence electrons. The summed E-state index contributed by atoms with van der Waals surface area (Å²) in [5.41, 5.74) is 1.05. The quantitative estimate of drug-likeness (QED) is 0.814. The molecule has 1 aromatic heterocycles. The Balaban J connectivity index is 1.63. The average molecular weight is 385 g/mol. The number of carbonyl (C=O) groups is 1. The molecular formula is C20H27N5O3. The van der Waals surface area contributed by atoms with Crippen LogP contribution < -0.4 is 19.7 Å². The maximum atomic E-state index is 12.6. The Morgan fingerprint density at radius 1 is 1.14 bits per heavy atom. The van der Waals surface area contributed by atoms with Crippen LogP contribution in [0.4, 0.5) is 11.6 Å². The number of piperazine rings is 1. The van der Waals surface area contributed by atoms with E-state index in [-0.39, 0.29) is 5.91 Å². The van der Waals surface area contributed by atoms with Gasteiger partial charge in [-0.25, -0.2) is 9.97 Å². The number of methoxy groups -OCH3 is 1. The molecule has 1 aromatic carbocycles. The first kappa shape index (κ1) is 19.9. The van der Waals surface area contributed by atoms with E-state index in [2.05, 4.69) is 32.1 Å². The van der Waals surface area contributed by atoms with Gasteiger partial charge >= 0.3 is 0 Å². The standard InChI is InChI=1S/C20H27N5O3/c1-14-5-6-16(17(11-14)27-4)28-15(2)20(26)23-18-12-19(22-13-21-18)25-9-7-24(3)8-10-25/h5-6,11-13,15H,7-10H2,1-4H3,(H,21,22,23,26)/t15-/m1/s1. The van der Waals surface area contributed by atoms with Crippen LogP contribution in [-0.4, -0.2) is 67.2 Å². The molecule has 1 atom stereocenters. The molecule has 3 rings (SSSR count). The van der Waals surface area contributed by atoms with E-state index < -0.39 is 6.10 Å². The summed E-state index contributed by atoms with van der Waals surface area (Å²) in [5, 5.41) is 2.81. The minimum absolute atomic E-state index is 0.286. The third-order valence-corrected chi connectivity index (χ3v) is 4.72. The Morgan fingerprint density at radius 2 is 1.89 bits per heavy atom. The van der Waals surface area contributed by atoms with Gasteiger partial charge in [-0.05, 0) is 38.6 Å². The Bertz CT molecular complexity index is 821. The molecule has 1 aliphatic heterocycles. The number of hydrogen-bond acceptors (Lipinski definition) is 7. The number of aryl methyl sites for hydroxylation is 1. The highest BCUT2D eigenvalue weighted by atomic mass is 16.5. The minimum atomic E-state index is -0.710. The first-order valence-corrected chi connectivity index (χ1v) is 9.34. The summed E-state index contributed by atoms with van der Waals surface area (Å²) < 4.78 is 11.1. The van der Waals surface area contributed by atoms with Crippen LogP contribution in [0.25, 0.3) is 0 Å². The minimum Gasteiger partial charge on any atom is -0.493 e. The topological polar surface area (TPSA) is 79.8 Å². The highest BCUT2D eigenvalue weighted by molar-refractivity contribution is 5.93. The Hall–Kier alpha value is -2.87. The lowest BCUT2D eigenvalue weighted by Crippen LogP contribution is -2.44. The molecule has 8 heteroatoms. The van der Waals surface area contributed by atoms with Gasteiger partial charge in [-0.3, -0.25) is 4.79 Å². The molecule has 0 saturated carbocycles. The van der Waals surface area contributed by atoms with Crippen molar-refractivity contribution in [3.8, 4) is 11.5 Å². The van der Waals surface area contributed by atoms with Crippen molar-refractivity contribution in [3.63, 3.8) is 0 Å². The number of ether oxygens (including phenoxy) is 2. The van der Waals surface area contributed by atoms with E-state index in [1.54, 1.807) is 26.2 Å². The summed E-state index contributed by atoms with van der Waals surface area (Å²) in [6.45, 7) is 7.41. The lowest BCUT2D eigenvalue weighted by molar-refractivity contribution is -0.122. The highest BCUT2D eigenvalue weighted by Crippen LogP contribution is 2.28. The zero-order chi connectivity index (χ0) is 20.1. The van der Waals surface area contributed by atoms with Gasteiger partial charge < -0.3 is 24.6 Å². The number of nitrogens with one attached hydrogen (secondary N) is 1. The second kappa shape index (κ2) is 8.88. The van der Waals surface area contributed by atoms with Crippen molar-refractivity contribution < 1.29 is 14.3 Å². The zero-order valence-corrected chi connectivity index (χ0v) is 16.8. The molecule has 1 amide bonds. The monoisotopic (exact) mass is 385 g/mol. The van der Waals surface area contributed by atoms with Crippen molar-refractivity contribution in [2.24, 2.45) is 0 Å². The first-order valence-electron chi connectivity index (χ1n) is 9.34. The van der Waals surface area contributed by atoms with Gasteiger partial charge in [0, 0.05) is 32.2 Å². The van der Waals surface area contributed by atoms with Gasteiger partial charge in [0.15, 0.2) is 17.6 Å². The zero-order valence-electron chi connectivity index (χ0n) is 16.8. The van der Waals surface area contributed by atoms with E-state index in [4.69, 9.17) is 9.47 Å². The Labute approximate surface area is 165 Å². The Morgan fingerprint density at radius 3 is 2.61 bits per heavy atom. The molecule has 8 nitrogen and oxygen atoms in total. The second-order valence-corrected chi connectivity index (χ2v) is 6.96. The van der Waals surface area contributed by atoms with Crippen molar-refractivity contribution in [2.45, 2.75) is 20.0 Å². The van der Waals surface area contributed by atoms with Crippen molar-refractivity contribution in [2.75, 3.05) is 50.6 Å². The number of aromatic nitrogens is 2. The first-order chi connectivity index (χ1) is 13.5. The average Bonchev–Trinajstić information content (AvgIpc) is 2.70. The number of benzene rings is 1. The van der Waals surface area contributed by atoms with Crippen LogP contribution in [0, 0.1) is 6.92 Å². The maximum Gasteiger partial charge on any atom is 0.266 e. The van der Waals surface area contributed by atoms with Gasteiger partial charge in [0.2, 0.25) is 0 Å². The second-order valence-electron chi connectivity index (χ2n) is 6.96. The van der Waals surface area contributed by atoms with Gasteiger partial charge in [0.25, 0.3) is 5.91 Å². The summed E-state index contributed by atoms with van der Waals surface area (Å²) in [5.74, 6) is 2.11. The predicted octanol–water partition coefficient (Wildman–Crippen LogP) is 1.95. The fourth-order valence-electron chi connectivity index (χ4n) is 2.97. The molecule has 1 aliphatic rings. The molecule has 0 radical (unpaired) electrons. The van der Waals surface area contributed by atoms with E-state index in [9.17, 15) is 4.79 Å². The van der Waals surface area contributed by atoms with E-state index in [1.165, 1.54) is 6.33 Å². The lowest BCUT2D eigenvalue weighted by atomic mass is 10.2. The molecule has 0 unspecified atom stereocenters. The summed E-state index contributed by atoms with van der Waals surface area (Å²) in [6.07, 6.45) is 0.760. The van der Waals surface area contributed by atoms with E-state index in [1.807, 2.05) is 19.1 Å². The number of anilines is 2. The third kappa shape index (κ3) is 4.89. The normalized spacial score (nSPS) is 15.8. The van der Waals surface area contributed by atoms with E-state index in [0.717, 1.165) is 37.6 Å². The number of carbonyl (C=O) groups excluding carboxylic acids is 1. The maximum absolute atomic E-state index is 12.6. The molecule has 0 bridgehead atoms. The van der Waals surface area contributed by atoms with Crippen LogP contribution in [0.2, 0.25) is 0 Å². The van der Waals surface area contributed by atoms with Crippen LogP contribution in [0.5, 0.6) is 11.5 Å². The van der Waals surface area contributed by atoms with E-state index >= 15 is 0 Å². The summed E-state index contributed by atoms with van der Waals surface area (Å²) in [7, 11) is 3.68. The molecule has 28 heavy (non-hydrogen) atoms. The summed E-state index contributed by atoms with van der Waals surface area (Å²) in [6, 6.07) is 7.37. The molecule has 1 N–H and O–H groups in total. The van der Waals surface area contributed by atoms with Crippen molar-refractivity contribution in [1.29, 1.82) is 0 Å². The van der Waals surface area contributed by atoms with Gasteiger partial charge in [0.1, 0.15) is 18.0 Å². The van der Waals surface area contributed by atoms with Crippen LogP contribution in [0.3, 0.4) is 0 Å². The number of likely N-dealkylation sites (N-methyl/N-ethyl adjacent to an activating group) is 1. The van der Waals surface area contributed by atoms with Crippen LogP contribution >= 0.6 is 0 Å². The molecule has 2 aromatic rings. The molecule has 2 heterocycles. The predicted molar refractivity (Wildman–Crippen MR) is 108 cm³/mol. The fraction of sp³-hybridized carbons (Fsp3) is 0.450. The van der Waals surface area contributed by atoms with Crippen LogP contribution in [-0.2, 0) is 4.79 Å². The molecule has 0 aliphatic carbocycles. The molecule has 0 spiro atoms. The highest BCUT2D eigenvalue weighted by Gasteiger charge is 2.19. The van der Waals surface area contributed by atoms with E-state index in [0.29, 0.717) is 17.3 Å². The number of nitrogens with zero attached hydrogens (tertiary/aromatic N) is 4. The number of hydrogen-bond donors (Lipinski definition) is 1. The Kier molecular flexibility index (Phi) is 6.30. The summed E-state index contributed by atoms with van der Waals surface area (Å²) in [4.78, 5) is 25.5.